The summed E-state index contributed by atoms with van der Waals surface area (Å²) in [7, 11) is 0. The summed E-state index contributed by atoms with van der Waals surface area (Å²) in [4.78, 5) is 11.4. The molecule has 0 fully saturated rings. The first-order valence-electron chi connectivity index (χ1n) is 5.58. The highest BCUT2D eigenvalue weighted by atomic mass is 79.9. The van der Waals surface area contributed by atoms with Crippen LogP contribution in [0.3, 0.4) is 0 Å². The second-order valence-electron chi connectivity index (χ2n) is 4.00. The van der Waals surface area contributed by atoms with Crippen LogP contribution in [0.15, 0.2) is 45.8 Å². The molecule has 104 valence electrons. The SMILES string of the molecule is Nc1cc(Br)ccc1SCc1cc(Cl)ccc1[N+](=O)[O-]. The number of rotatable bonds is 4. The van der Waals surface area contributed by atoms with Crippen molar-refractivity contribution in [1.82, 2.24) is 0 Å². The fourth-order valence-corrected chi connectivity index (χ4v) is 3.16. The highest BCUT2D eigenvalue weighted by molar-refractivity contribution is 9.10. The third-order valence-corrected chi connectivity index (χ3v) is 4.46. The van der Waals surface area contributed by atoms with Crippen molar-refractivity contribution in [1.29, 1.82) is 0 Å². The summed E-state index contributed by atoms with van der Waals surface area (Å²) >= 11 is 10.7. The van der Waals surface area contributed by atoms with Crippen molar-refractivity contribution in [2.45, 2.75) is 10.6 Å². The van der Waals surface area contributed by atoms with Gasteiger partial charge in [-0.15, -0.1) is 11.8 Å². The maximum absolute atomic E-state index is 11.0. The van der Waals surface area contributed by atoms with Gasteiger partial charge in [0.15, 0.2) is 0 Å². The molecule has 0 spiro atoms. The molecule has 0 atom stereocenters. The average molecular weight is 374 g/mol. The van der Waals surface area contributed by atoms with Gasteiger partial charge in [0.25, 0.3) is 5.69 Å². The van der Waals surface area contributed by atoms with Crippen LogP contribution in [0.1, 0.15) is 5.56 Å². The second-order valence-corrected chi connectivity index (χ2v) is 6.37. The number of hydrogen-bond donors (Lipinski definition) is 1. The van der Waals surface area contributed by atoms with Gasteiger partial charge in [-0.25, -0.2) is 0 Å². The Morgan fingerprint density at radius 1 is 1.30 bits per heavy atom. The van der Waals surface area contributed by atoms with E-state index in [-0.39, 0.29) is 5.69 Å². The van der Waals surface area contributed by atoms with Crippen LogP contribution >= 0.6 is 39.3 Å². The molecule has 0 heterocycles. The number of nitrogens with two attached hydrogens (primary N) is 1. The highest BCUT2D eigenvalue weighted by Gasteiger charge is 2.14. The largest absolute Gasteiger partial charge is 0.398 e. The van der Waals surface area contributed by atoms with E-state index in [1.165, 1.54) is 23.9 Å². The minimum absolute atomic E-state index is 0.0672. The maximum Gasteiger partial charge on any atom is 0.273 e. The average Bonchev–Trinajstić information content (AvgIpc) is 2.37. The molecule has 2 aromatic carbocycles. The third kappa shape index (κ3) is 3.65. The first-order valence-corrected chi connectivity index (χ1v) is 7.73. The van der Waals surface area contributed by atoms with E-state index in [2.05, 4.69) is 15.9 Å². The van der Waals surface area contributed by atoms with Crippen LogP contribution in [-0.4, -0.2) is 4.92 Å². The summed E-state index contributed by atoms with van der Waals surface area (Å²) in [6.07, 6.45) is 0. The van der Waals surface area contributed by atoms with E-state index in [1.807, 2.05) is 12.1 Å². The van der Waals surface area contributed by atoms with Crippen molar-refractivity contribution in [3.05, 3.63) is 61.6 Å². The van der Waals surface area contributed by atoms with Gasteiger partial charge in [-0.05, 0) is 30.3 Å². The summed E-state index contributed by atoms with van der Waals surface area (Å²) < 4.78 is 0.896. The van der Waals surface area contributed by atoms with E-state index in [4.69, 9.17) is 17.3 Å². The van der Waals surface area contributed by atoms with Crippen molar-refractivity contribution < 1.29 is 4.92 Å². The predicted octanol–water partition coefficient (Wildman–Crippen LogP) is 4.89. The van der Waals surface area contributed by atoms with E-state index in [0.29, 0.717) is 22.0 Å². The van der Waals surface area contributed by atoms with Gasteiger partial charge in [0.05, 0.1) is 4.92 Å². The normalized spacial score (nSPS) is 10.5. The molecular weight excluding hydrogens is 364 g/mol. The van der Waals surface area contributed by atoms with Crippen LogP contribution < -0.4 is 5.73 Å². The Kier molecular flexibility index (Phi) is 4.91. The molecule has 2 N–H and O–H groups in total. The molecule has 0 unspecified atom stereocenters. The molecule has 2 aromatic rings. The Labute approximate surface area is 133 Å². The molecule has 0 bridgehead atoms. The van der Waals surface area contributed by atoms with Crippen LogP contribution in [0.4, 0.5) is 11.4 Å². The minimum Gasteiger partial charge on any atom is -0.398 e. The Morgan fingerprint density at radius 3 is 2.70 bits per heavy atom. The van der Waals surface area contributed by atoms with Gasteiger partial charge in [0.1, 0.15) is 0 Å². The molecule has 0 saturated carbocycles. The molecule has 7 heteroatoms. The standard InChI is InChI=1S/C13H10BrClN2O2S/c14-9-1-4-13(11(16)6-9)20-7-8-5-10(15)2-3-12(8)17(18)19/h1-6H,7,16H2. The number of nitrogens with zero attached hydrogens (tertiary/aromatic N) is 1. The zero-order chi connectivity index (χ0) is 14.7. The molecule has 0 amide bonds. The third-order valence-electron chi connectivity index (χ3n) is 2.59. The molecule has 0 radical (unpaired) electrons. The fraction of sp³-hybridized carbons (Fsp3) is 0.0769. The number of thioether (sulfide) groups is 1. The summed E-state index contributed by atoms with van der Waals surface area (Å²) in [5.41, 5.74) is 7.18. The van der Waals surface area contributed by atoms with Gasteiger partial charge in [-0.3, -0.25) is 10.1 Å². The minimum atomic E-state index is -0.406. The Bertz CT molecular complexity index is 667. The van der Waals surface area contributed by atoms with Gasteiger partial charge in [-0.2, -0.15) is 0 Å². The second kappa shape index (κ2) is 6.47. The van der Waals surface area contributed by atoms with Crippen molar-refractivity contribution >= 4 is 50.7 Å². The summed E-state index contributed by atoms with van der Waals surface area (Å²) in [6.45, 7) is 0. The first kappa shape index (κ1) is 15.2. The van der Waals surface area contributed by atoms with E-state index in [1.54, 1.807) is 12.1 Å². The van der Waals surface area contributed by atoms with Crippen molar-refractivity contribution in [3.63, 3.8) is 0 Å². The van der Waals surface area contributed by atoms with Gasteiger partial charge in [0.2, 0.25) is 0 Å². The molecule has 2 rings (SSSR count). The lowest BCUT2D eigenvalue weighted by Crippen LogP contribution is -1.95. The van der Waals surface area contributed by atoms with Crippen LogP contribution in [-0.2, 0) is 5.75 Å². The molecule has 0 aromatic heterocycles. The number of nitro groups is 1. The maximum atomic E-state index is 11.0. The first-order chi connectivity index (χ1) is 9.47. The number of halogens is 2. The molecular formula is C13H10BrClN2O2S. The van der Waals surface area contributed by atoms with Gasteiger partial charge >= 0.3 is 0 Å². The van der Waals surface area contributed by atoms with Crippen molar-refractivity contribution in [3.8, 4) is 0 Å². The highest BCUT2D eigenvalue weighted by Crippen LogP contribution is 2.33. The Hall–Kier alpha value is -1.24. The molecule has 0 aliphatic heterocycles. The van der Waals surface area contributed by atoms with Crippen LogP contribution in [0.5, 0.6) is 0 Å². The zero-order valence-electron chi connectivity index (χ0n) is 10.2. The lowest BCUT2D eigenvalue weighted by molar-refractivity contribution is -0.385. The molecule has 20 heavy (non-hydrogen) atoms. The number of nitro benzene ring substituents is 1. The summed E-state index contributed by atoms with van der Waals surface area (Å²) in [5, 5.41) is 11.5. The van der Waals surface area contributed by atoms with E-state index >= 15 is 0 Å². The molecule has 0 saturated heterocycles. The van der Waals surface area contributed by atoms with Crippen LogP contribution in [0.25, 0.3) is 0 Å². The smallest absolute Gasteiger partial charge is 0.273 e. The van der Waals surface area contributed by atoms with Gasteiger partial charge in [0, 0.05) is 37.5 Å². The zero-order valence-corrected chi connectivity index (χ0v) is 13.3. The fourth-order valence-electron chi connectivity index (χ4n) is 1.65. The van der Waals surface area contributed by atoms with Crippen LogP contribution in [0, 0.1) is 10.1 Å². The Morgan fingerprint density at radius 2 is 2.05 bits per heavy atom. The number of benzene rings is 2. The van der Waals surface area contributed by atoms with E-state index < -0.39 is 4.92 Å². The quantitative estimate of drug-likeness (QED) is 0.359. The van der Waals surface area contributed by atoms with Crippen LogP contribution in [0.2, 0.25) is 5.02 Å². The van der Waals surface area contributed by atoms with E-state index in [9.17, 15) is 10.1 Å². The summed E-state index contributed by atoms with van der Waals surface area (Å²) in [5.74, 6) is 0.433. The summed E-state index contributed by atoms with van der Waals surface area (Å²) in [6, 6.07) is 10.1. The predicted molar refractivity (Wildman–Crippen MR) is 86.2 cm³/mol. The molecule has 4 nitrogen and oxygen atoms in total. The lowest BCUT2D eigenvalue weighted by atomic mass is 10.2. The molecule has 0 aliphatic carbocycles. The number of anilines is 1. The van der Waals surface area contributed by atoms with Gasteiger partial charge < -0.3 is 5.73 Å². The molecule has 0 aliphatic rings. The van der Waals surface area contributed by atoms with Gasteiger partial charge in [-0.1, -0.05) is 27.5 Å². The monoisotopic (exact) mass is 372 g/mol. The number of hydrogen-bond acceptors (Lipinski definition) is 4. The number of nitrogen functional groups attached to an aromatic ring is 1. The lowest BCUT2D eigenvalue weighted by Gasteiger charge is -2.07. The van der Waals surface area contributed by atoms with E-state index in [0.717, 1.165) is 9.37 Å². The van der Waals surface area contributed by atoms with Crippen molar-refractivity contribution in [2.75, 3.05) is 5.73 Å². The topological polar surface area (TPSA) is 69.2 Å². The Balaban J connectivity index is 2.22. The van der Waals surface area contributed by atoms with Crippen molar-refractivity contribution in [2.24, 2.45) is 0 Å².